The molecule has 1 aromatic carbocycles. The van der Waals surface area contributed by atoms with E-state index in [2.05, 4.69) is 13.1 Å². The molecule has 1 unspecified atom stereocenters. The quantitative estimate of drug-likeness (QED) is 0.388. The fourth-order valence-electron chi connectivity index (χ4n) is 2.86. The van der Waals surface area contributed by atoms with E-state index in [-0.39, 0.29) is 6.04 Å². The van der Waals surface area contributed by atoms with Gasteiger partial charge in [-0.1, -0.05) is 48.6 Å². The zero-order valence-corrected chi connectivity index (χ0v) is 20.6. The van der Waals surface area contributed by atoms with E-state index >= 15 is 0 Å². The van der Waals surface area contributed by atoms with Crippen molar-refractivity contribution in [1.82, 2.24) is 4.90 Å². The first-order valence-corrected chi connectivity index (χ1v) is 13.2. The second-order valence-corrected chi connectivity index (χ2v) is 14.6. The van der Waals surface area contributed by atoms with Crippen LogP contribution < -0.4 is 5.19 Å². The Morgan fingerprint density at radius 3 is 1.70 bits per heavy atom. The van der Waals surface area contributed by atoms with Gasteiger partial charge in [0, 0.05) is 0 Å². The first kappa shape index (κ1) is 25.7. The van der Waals surface area contributed by atoms with Gasteiger partial charge in [0.1, 0.15) is 17.2 Å². The highest BCUT2D eigenvalue weighted by Gasteiger charge is 2.44. The monoisotopic (exact) mass is 437 g/mol. The summed E-state index contributed by atoms with van der Waals surface area (Å²) >= 11 is 0. The molecular weight excluding hydrogens is 402 g/mol. The number of carbonyl (C=O) groups is 3. The van der Waals surface area contributed by atoms with Crippen molar-refractivity contribution in [1.29, 1.82) is 0 Å². The molecule has 0 saturated carbocycles. The molecule has 0 N–H and O–H groups in total. The van der Waals surface area contributed by atoms with Gasteiger partial charge in [0.05, 0.1) is 15.2 Å². The van der Waals surface area contributed by atoms with E-state index in [4.69, 9.17) is 14.2 Å². The Hall–Kier alpha value is -2.35. The lowest BCUT2D eigenvalue weighted by Gasteiger charge is -2.35. The Labute approximate surface area is 180 Å². The zero-order chi connectivity index (χ0) is 23.3. The summed E-state index contributed by atoms with van der Waals surface area (Å²) in [5.74, 6) is -0.691. The Balaban J connectivity index is 3.40. The lowest BCUT2D eigenvalue weighted by molar-refractivity contribution is -0.146. The van der Waals surface area contributed by atoms with Crippen LogP contribution in [0.5, 0.6) is 0 Å². The normalized spacial score (nSPS) is 13.2. The maximum atomic E-state index is 13.0. The molecule has 0 spiro atoms. The Morgan fingerprint density at radius 1 is 0.900 bits per heavy atom. The van der Waals surface area contributed by atoms with E-state index in [0.717, 1.165) is 10.1 Å². The van der Waals surface area contributed by atoms with Crippen LogP contribution in [0.3, 0.4) is 0 Å². The molecule has 0 fully saturated rings. The molecule has 0 aliphatic carbocycles. The third-order valence-electron chi connectivity index (χ3n) is 4.22. The molecule has 30 heavy (non-hydrogen) atoms. The summed E-state index contributed by atoms with van der Waals surface area (Å²) in [6.07, 6.45) is -1.88. The SMILES string of the molecule is COC(=O)C(C[Si](C)(C)c1ccccc1)N(C(=O)OC(C)(C)C)C(=O)OC(C)(C)C. The van der Waals surface area contributed by atoms with Crippen molar-refractivity contribution in [3.63, 3.8) is 0 Å². The number of ether oxygens (including phenoxy) is 3. The predicted octanol–water partition coefficient (Wildman–Crippen LogP) is 4.32. The van der Waals surface area contributed by atoms with Crippen LogP contribution in [-0.2, 0) is 19.0 Å². The van der Waals surface area contributed by atoms with Crippen LogP contribution in [0, 0.1) is 0 Å². The number of benzene rings is 1. The number of nitrogens with zero attached hydrogens (tertiary/aromatic N) is 1. The highest BCUT2D eigenvalue weighted by molar-refractivity contribution is 6.90. The molecule has 0 aromatic heterocycles. The molecule has 8 heteroatoms. The maximum Gasteiger partial charge on any atom is 0.420 e. The molecular formula is C22H35NO6Si. The molecule has 0 heterocycles. The molecule has 168 valence electrons. The van der Waals surface area contributed by atoms with Crippen molar-refractivity contribution in [3.8, 4) is 0 Å². The van der Waals surface area contributed by atoms with Crippen LogP contribution in [0.15, 0.2) is 30.3 Å². The molecule has 0 saturated heterocycles. The van der Waals surface area contributed by atoms with Gasteiger partial charge >= 0.3 is 18.2 Å². The van der Waals surface area contributed by atoms with E-state index in [1.165, 1.54) is 7.11 Å². The number of hydrogen-bond donors (Lipinski definition) is 0. The van der Waals surface area contributed by atoms with Gasteiger partial charge in [-0.2, -0.15) is 4.90 Å². The van der Waals surface area contributed by atoms with Crippen LogP contribution in [0.1, 0.15) is 41.5 Å². The van der Waals surface area contributed by atoms with Crippen molar-refractivity contribution in [2.75, 3.05) is 7.11 Å². The van der Waals surface area contributed by atoms with E-state index < -0.39 is 43.5 Å². The predicted molar refractivity (Wildman–Crippen MR) is 118 cm³/mol. The molecule has 2 amide bonds. The first-order chi connectivity index (χ1) is 13.6. The van der Waals surface area contributed by atoms with E-state index in [9.17, 15) is 14.4 Å². The summed E-state index contributed by atoms with van der Waals surface area (Å²) in [4.78, 5) is 39.5. The van der Waals surface area contributed by atoms with Gasteiger partial charge < -0.3 is 14.2 Å². The van der Waals surface area contributed by atoms with Crippen molar-refractivity contribution in [3.05, 3.63) is 30.3 Å². The summed E-state index contributed by atoms with van der Waals surface area (Å²) in [5.41, 5.74) is -1.71. The van der Waals surface area contributed by atoms with E-state index in [1.54, 1.807) is 41.5 Å². The zero-order valence-electron chi connectivity index (χ0n) is 19.6. The number of imide groups is 1. The Bertz CT molecular complexity index is 721. The molecule has 1 atom stereocenters. The minimum absolute atomic E-state index is 0.266. The molecule has 1 rings (SSSR count). The summed E-state index contributed by atoms with van der Waals surface area (Å²) < 4.78 is 15.8. The lowest BCUT2D eigenvalue weighted by Crippen LogP contribution is -2.56. The number of carbonyl (C=O) groups excluding carboxylic acids is 3. The van der Waals surface area contributed by atoms with Crippen LogP contribution in [0.25, 0.3) is 0 Å². The van der Waals surface area contributed by atoms with Gasteiger partial charge in [-0.15, -0.1) is 0 Å². The number of hydrogen-bond acceptors (Lipinski definition) is 6. The summed E-state index contributed by atoms with van der Waals surface area (Å²) in [7, 11) is -1.02. The van der Waals surface area contributed by atoms with Crippen molar-refractivity contribution in [2.24, 2.45) is 0 Å². The molecule has 7 nitrogen and oxygen atoms in total. The van der Waals surface area contributed by atoms with Crippen LogP contribution in [-0.4, -0.2) is 55.5 Å². The largest absolute Gasteiger partial charge is 0.467 e. The maximum absolute atomic E-state index is 13.0. The molecule has 0 aliphatic heterocycles. The third-order valence-corrected chi connectivity index (χ3v) is 7.53. The molecule has 1 aromatic rings. The topological polar surface area (TPSA) is 82.1 Å². The number of methoxy groups -OCH3 is 1. The minimum atomic E-state index is -2.25. The van der Waals surface area contributed by atoms with Crippen molar-refractivity contribution >= 4 is 31.4 Å². The van der Waals surface area contributed by atoms with Crippen LogP contribution in [0.4, 0.5) is 9.59 Å². The van der Waals surface area contributed by atoms with Gasteiger partial charge in [-0.3, -0.25) is 0 Å². The molecule has 0 aliphatic rings. The second-order valence-electron chi connectivity index (χ2n) is 9.82. The summed E-state index contributed by atoms with van der Waals surface area (Å²) in [5, 5.41) is 1.09. The first-order valence-electron chi connectivity index (χ1n) is 9.96. The van der Waals surface area contributed by atoms with Gasteiger partial charge in [0.15, 0.2) is 0 Å². The standard InChI is InChI=1S/C22H35NO6Si/c1-21(2,3)28-19(25)23(20(26)29-22(4,5)6)17(18(24)27-7)15-30(8,9)16-13-11-10-12-14-16/h10-14,17H,15H2,1-9H3. The second kappa shape index (κ2) is 9.64. The van der Waals surface area contributed by atoms with Gasteiger partial charge in [0.2, 0.25) is 0 Å². The highest BCUT2D eigenvalue weighted by Crippen LogP contribution is 2.23. The van der Waals surface area contributed by atoms with Gasteiger partial charge in [0.25, 0.3) is 0 Å². The number of rotatable bonds is 5. The number of esters is 1. The average Bonchev–Trinajstić information content (AvgIpc) is 2.58. The summed E-state index contributed by atoms with van der Waals surface area (Å²) in [6, 6.07) is 8.86. The smallest absolute Gasteiger partial charge is 0.420 e. The fraction of sp³-hybridized carbons (Fsp3) is 0.591. The fourth-order valence-corrected chi connectivity index (χ4v) is 5.50. The van der Waals surface area contributed by atoms with Crippen molar-refractivity contribution in [2.45, 2.75) is 77.9 Å². The van der Waals surface area contributed by atoms with Crippen molar-refractivity contribution < 1.29 is 28.6 Å². The number of amides is 2. The molecule has 0 radical (unpaired) electrons. The minimum Gasteiger partial charge on any atom is -0.467 e. The van der Waals surface area contributed by atoms with Crippen LogP contribution in [0.2, 0.25) is 19.1 Å². The molecule has 0 bridgehead atoms. The van der Waals surface area contributed by atoms with Crippen LogP contribution >= 0.6 is 0 Å². The van der Waals surface area contributed by atoms with Gasteiger partial charge in [-0.25, -0.2) is 14.4 Å². The van der Waals surface area contributed by atoms with Gasteiger partial charge in [-0.05, 0) is 47.6 Å². The Kier molecular flexibility index (Phi) is 8.25. The van der Waals surface area contributed by atoms with E-state index in [0.29, 0.717) is 0 Å². The average molecular weight is 438 g/mol. The van der Waals surface area contributed by atoms with E-state index in [1.807, 2.05) is 30.3 Å². The Morgan fingerprint density at radius 2 is 1.33 bits per heavy atom. The lowest BCUT2D eigenvalue weighted by atomic mass is 10.2. The third kappa shape index (κ3) is 7.82. The highest BCUT2D eigenvalue weighted by atomic mass is 28.3. The summed E-state index contributed by atoms with van der Waals surface area (Å²) in [6.45, 7) is 14.3.